The molecule has 0 aromatic heterocycles. The zero-order chi connectivity index (χ0) is 12.3. The molecule has 0 radical (unpaired) electrons. The Morgan fingerprint density at radius 3 is 2.44 bits per heavy atom. The van der Waals surface area contributed by atoms with Crippen LogP contribution in [0, 0.1) is 0 Å². The van der Waals surface area contributed by atoms with E-state index in [2.05, 4.69) is 0 Å². The quantitative estimate of drug-likeness (QED) is 0.792. The van der Waals surface area contributed by atoms with Crippen molar-refractivity contribution in [2.75, 3.05) is 6.54 Å². The van der Waals surface area contributed by atoms with Crippen LogP contribution in [0.4, 0.5) is 13.2 Å². The molecule has 1 rings (SSSR count). The van der Waals surface area contributed by atoms with Crippen molar-refractivity contribution < 1.29 is 27.9 Å². The zero-order valence-corrected chi connectivity index (χ0v) is 8.46. The predicted molar refractivity (Wildman–Crippen MR) is 47.7 cm³/mol. The number of hydrogen-bond donors (Lipinski definition) is 1. The molecule has 0 unspecified atom stereocenters. The standard InChI is InChI=1S/C9H12F3NO3/c10-9(11,12)8(16)13-4-2-1-3-6(13)5-7(14)15/h6H,1-5H2,(H,14,15)/t6-/m1/s1. The van der Waals surface area contributed by atoms with Crippen LogP contribution in [0.3, 0.4) is 0 Å². The molecule has 1 atom stereocenters. The molecule has 0 spiro atoms. The number of carboxylic acids is 1. The number of carbonyl (C=O) groups excluding carboxylic acids is 1. The third-order valence-corrected chi connectivity index (χ3v) is 2.54. The van der Waals surface area contributed by atoms with E-state index >= 15 is 0 Å². The molecular formula is C9H12F3NO3. The summed E-state index contributed by atoms with van der Waals surface area (Å²) in [6, 6.07) is -0.833. The molecule has 1 amide bonds. The Bertz CT molecular complexity index is 290. The minimum Gasteiger partial charge on any atom is -0.481 e. The molecule has 92 valence electrons. The normalized spacial score (nSPS) is 21.9. The molecule has 1 N–H and O–H groups in total. The fourth-order valence-electron chi connectivity index (χ4n) is 1.84. The first-order chi connectivity index (χ1) is 7.32. The molecular weight excluding hydrogens is 227 g/mol. The highest BCUT2D eigenvalue weighted by Gasteiger charge is 2.45. The van der Waals surface area contributed by atoms with Crippen LogP contribution in [-0.2, 0) is 9.59 Å². The fourth-order valence-corrected chi connectivity index (χ4v) is 1.84. The van der Waals surface area contributed by atoms with Gasteiger partial charge in [0.25, 0.3) is 0 Å². The van der Waals surface area contributed by atoms with E-state index in [9.17, 15) is 22.8 Å². The Morgan fingerprint density at radius 1 is 1.31 bits per heavy atom. The Kier molecular flexibility index (Phi) is 3.77. The minimum atomic E-state index is -4.92. The summed E-state index contributed by atoms with van der Waals surface area (Å²) in [7, 11) is 0. The summed E-state index contributed by atoms with van der Waals surface area (Å²) in [5.41, 5.74) is 0. The zero-order valence-electron chi connectivity index (χ0n) is 8.46. The molecule has 0 aromatic rings. The van der Waals surface area contributed by atoms with Gasteiger partial charge in [-0.3, -0.25) is 9.59 Å². The third kappa shape index (κ3) is 3.11. The molecule has 4 nitrogen and oxygen atoms in total. The van der Waals surface area contributed by atoms with Crippen molar-refractivity contribution >= 4 is 11.9 Å². The second kappa shape index (κ2) is 4.71. The SMILES string of the molecule is O=C(O)C[C@H]1CCCCN1C(=O)C(F)(F)F. The van der Waals surface area contributed by atoms with E-state index in [1.54, 1.807) is 0 Å². The second-order valence-electron chi connectivity index (χ2n) is 3.74. The van der Waals surface area contributed by atoms with Crippen LogP contribution in [0.2, 0.25) is 0 Å². The van der Waals surface area contributed by atoms with Gasteiger partial charge in [-0.1, -0.05) is 0 Å². The Hall–Kier alpha value is -1.27. The molecule has 7 heteroatoms. The lowest BCUT2D eigenvalue weighted by Crippen LogP contribution is -2.50. The van der Waals surface area contributed by atoms with Crippen LogP contribution < -0.4 is 0 Å². The summed E-state index contributed by atoms with van der Waals surface area (Å²) in [6.45, 7) is -0.0176. The molecule has 1 aliphatic heterocycles. The fraction of sp³-hybridized carbons (Fsp3) is 0.778. The van der Waals surface area contributed by atoms with Gasteiger partial charge in [0.1, 0.15) is 0 Å². The molecule has 0 bridgehead atoms. The Morgan fingerprint density at radius 2 is 1.94 bits per heavy atom. The van der Waals surface area contributed by atoms with Gasteiger partial charge in [-0.05, 0) is 19.3 Å². The number of alkyl halides is 3. The smallest absolute Gasteiger partial charge is 0.471 e. The molecule has 1 aliphatic rings. The van der Waals surface area contributed by atoms with Crippen molar-refractivity contribution in [2.45, 2.75) is 37.9 Å². The van der Waals surface area contributed by atoms with E-state index in [0.29, 0.717) is 24.2 Å². The number of halogens is 3. The van der Waals surface area contributed by atoms with E-state index in [4.69, 9.17) is 5.11 Å². The van der Waals surface area contributed by atoms with Crippen LogP contribution in [0.15, 0.2) is 0 Å². The maximum Gasteiger partial charge on any atom is 0.471 e. The largest absolute Gasteiger partial charge is 0.481 e. The van der Waals surface area contributed by atoms with Crippen LogP contribution in [0.5, 0.6) is 0 Å². The van der Waals surface area contributed by atoms with E-state index in [0.717, 1.165) is 0 Å². The van der Waals surface area contributed by atoms with Gasteiger partial charge in [0, 0.05) is 12.6 Å². The summed E-state index contributed by atoms with van der Waals surface area (Å²) < 4.78 is 36.6. The Labute approximate surface area is 90.0 Å². The van der Waals surface area contributed by atoms with E-state index < -0.39 is 30.5 Å². The molecule has 0 aromatic carbocycles. The van der Waals surface area contributed by atoms with Crippen molar-refractivity contribution in [1.82, 2.24) is 4.90 Å². The first-order valence-electron chi connectivity index (χ1n) is 4.92. The van der Waals surface area contributed by atoms with Crippen molar-refractivity contribution in [2.24, 2.45) is 0 Å². The van der Waals surface area contributed by atoms with Gasteiger partial charge in [0.15, 0.2) is 0 Å². The number of hydrogen-bond acceptors (Lipinski definition) is 2. The number of rotatable bonds is 2. The molecule has 16 heavy (non-hydrogen) atoms. The van der Waals surface area contributed by atoms with Gasteiger partial charge >= 0.3 is 18.1 Å². The van der Waals surface area contributed by atoms with Crippen molar-refractivity contribution in [3.8, 4) is 0 Å². The monoisotopic (exact) mass is 239 g/mol. The van der Waals surface area contributed by atoms with Crippen LogP contribution in [0.25, 0.3) is 0 Å². The maximum atomic E-state index is 12.2. The summed E-state index contributed by atoms with van der Waals surface area (Å²) in [6.07, 6.45) is -3.90. The number of piperidine rings is 1. The summed E-state index contributed by atoms with van der Waals surface area (Å²) in [5, 5.41) is 8.55. The summed E-state index contributed by atoms with van der Waals surface area (Å²) in [5.74, 6) is -3.12. The predicted octanol–water partition coefficient (Wildman–Crippen LogP) is 1.40. The average Bonchev–Trinajstić information content (AvgIpc) is 2.15. The van der Waals surface area contributed by atoms with Gasteiger partial charge in [0.05, 0.1) is 6.42 Å². The highest BCUT2D eigenvalue weighted by Crippen LogP contribution is 2.26. The molecule has 1 heterocycles. The summed E-state index contributed by atoms with van der Waals surface area (Å²) >= 11 is 0. The van der Waals surface area contributed by atoms with Gasteiger partial charge in [-0.15, -0.1) is 0 Å². The van der Waals surface area contributed by atoms with E-state index in [1.807, 2.05) is 0 Å². The van der Waals surface area contributed by atoms with Gasteiger partial charge in [0.2, 0.25) is 0 Å². The van der Waals surface area contributed by atoms with Gasteiger partial charge in [-0.2, -0.15) is 13.2 Å². The topological polar surface area (TPSA) is 57.6 Å². The molecule has 1 fully saturated rings. The second-order valence-corrected chi connectivity index (χ2v) is 3.74. The summed E-state index contributed by atoms with van der Waals surface area (Å²) in [4.78, 5) is 22.1. The maximum absolute atomic E-state index is 12.2. The highest BCUT2D eigenvalue weighted by molar-refractivity contribution is 5.82. The first kappa shape index (κ1) is 12.8. The number of amides is 1. The number of likely N-dealkylation sites (tertiary alicyclic amines) is 1. The lowest BCUT2D eigenvalue weighted by molar-refractivity contribution is -0.189. The van der Waals surface area contributed by atoms with Crippen LogP contribution >= 0.6 is 0 Å². The van der Waals surface area contributed by atoms with E-state index in [1.165, 1.54) is 0 Å². The lowest BCUT2D eigenvalue weighted by atomic mass is 9.99. The van der Waals surface area contributed by atoms with Crippen LogP contribution in [-0.4, -0.2) is 40.6 Å². The number of aliphatic carboxylic acids is 1. The first-order valence-corrected chi connectivity index (χ1v) is 4.92. The molecule has 0 aliphatic carbocycles. The average molecular weight is 239 g/mol. The number of carbonyl (C=O) groups is 2. The molecule has 0 saturated carbocycles. The van der Waals surface area contributed by atoms with Gasteiger partial charge < -0.3 is 10.0 Å². The van der Waals surface area contributed by atoms with Gasteiger partial charge in [-0.25, -0.2) is 0 Å². The Balaban J connectivity index is 2.74. The number of carboxylic acid groups (broad SMARTS) is 1. The third-order valence-electron chi connectivity index (χ3n) is 2.54. The number of nitrogens with zero attached hydrogens (tertiary/aromatic N) is 1. The van der Waals surface area contributed by atoms with E-state index in [-0.39, 0.29) is 6.54 Å². The lowest BCUT2D eigenvalue weighted by Gasteiger charge is -2.35. The minimum absolute atomic E-state index is 0.0176. The van der Waals surface area contributed by atoms with Crippen molar-refractivity contribution in [3.63, 3.8) is 0 Å². The van der Waals surface area contributed by atoms with Crippen molar-refractivity contribution in [3.05, 3.63) is 0 Å². The molecule has 1 saturated heterocycles. The highest BCUT2D eigenvalue weighted by atomic mass is 19.4. The van der Waals surface area contributed by atoms with Crippen molar-refractivity contribution in [1.29, 1.82) is 0 Å². The van der Waals surface area contributed by atoms with Crippen LogP contribution in [0.1, 0.15) is 25.7 Å².